The molecule has 0 aromatic heterocycles. The number of amides is 1. The number of hydrogen-bond acceptors (Lipinski definition) is 5. The standard InChI is InChI=1S/C33H30ClN3O3/c1-21-9-11-22(12-10-21)26-6-2-3-7-27(26)33(39)36-24-13-14-28(30(34)17-24)32(38)29-8-4-5-23-18-35-19-25-20-40-16-15-37(25)31(23)29/h2-7,9-14,17-19,29,31,35H,8,15-16,20H2,1H3,(H,36,39). The van der Waals surface area contributed by atoms with E-state index in [0.29, 0.717) is 41.5 Å². The number of ether oxygens (including phenoxy) is 1. The monoisotopic (exact) mass is 551 g/mol. The minimum absolute atomic E-state index is 0.0133. The third kappa shape index (κ3) is 5.08. The molecule has 6 rings (SSSR count). The van der Waals surface area contributed by atoms with Crippen LogP contribution in [0.1, 0.15) is 32.7 Å². The van der Waals surface area contributed by atoms with Gasteiger partial charge in [-0.15, -0.1) is 0 Å². The number of hydrogen-bond donors (Lipinski definition) is 2. The summed E-state index contributed by atoms with van der Waals surface area (Å²) in [6.07, 6.45) is 8.66. The number of aryl methyl sites for hydroxylation is 1. The molecule has 1 aliphatic carbocycles. The van der Waals surface area contributed by atoms with Crippen molar-refractivity contribution in [3.8, 4) is 11.1 Å². The summed E-state index contributed by atoms with van der Waals surface area (Å²) in [7, 11) is 0. The molecule has 2 aliphatic heterocycles. The Kier molecular flexibility index (Phi) is 7.29. The number of nitrogens with zero attached hydrogens (tertiary/aromatic N) is 1. The van der Waals surface area contributed by atoms with Crippen molar-refractivity contribution in [2.45, 2.75) is 19.4 Å². The van der Waals surface area contributed by atoms with Crippen LogP contribution in [0.5, 0.6) is 0 Å². The molecule has 7 heteroatoms. The summed E-state index contributed by atoms with van der Waals surface area (Å²) >= 11 is 6.70. The van der Waals surface area contributed by atoms with Crippen molar-refractivity contribution in [1.82, 2.24) is 10.2 Å². The first kappa shape index (κ1) is 26.1. The molecule has 3 aromatic carbocycles. The maximum absolute atomic E-state index is 13.9. The molecule has 0 saturated carbocycles. The Morgan fingerprint density at radius 2 is 1.85 bits per heavy atom. The number of rotatable bonds is 5. The van der Waals surface area contributed by atoms with Crippen LogP contribution in [-0.4, -0.2) is 42.4 Å². The second kappa shape index (κ2) is 11.2. The second-order valence-corrected chi connectivity index (χ2v) is 10.7. The van der Waals surface area contributed by atoms with Crippen molar-refractivity contribution in [2.75, 3.05) is 25.1 Å². The number of carbonyl (C=O) groups excluding carboxylic acids is 2. The smallest absolute Gasteiger partial charge is 0.256 e. The van der Waals surface area contributed by atoms with Crippen molar-refractivity contribution in [3.63, 3.8) is 0 Å². The summed E-state index contributed by atoms with van der Waals surface area (Å²) in [6.45, 7) is 3.88. The van der Waals surface area contributed by atoms with E-state index in [-0.39, 0.29) is 23.7 Å². The van der Waals surface area contributed by atoms with Crippen LogP contribution in [0.2, 0.25) is 5.02 Å². The summed E-state index contributed by atoms with van der Waals surface area (Å²) < 4.78 is 5.66. The van der Waals surface area contributed by atoms with Gasteiger partial charge in [0, 0.05) is 35.8 Å². The molecular formula is C33H30ClN3O3. The SMILES string of the molecule is Cc1ccc(-c2ccccc2C(=O)Nc2ccc(C(=O)C3CC=CC4=CNC=C5COCCN5C43)c(Cl)c2)cc1. The van der Waals surface area contributed by atoms with E-state index in [1.807, 2.05) is 73.9 Å². The minimum Gasteiger partial charge on any atom is -0.373 e. The molecule has 2 heterocycles. The maximum Gasteiger partial charge on any atom is 0.256 e. The van der Waals surface area contributed by atoms with Crippen LogP contribution in [0.3, 0.4) is 0 Å². The quantitative estimate of drug-likeness (QED) is 0.361. The normalized spacial score (nSPS) is 19.8. The number of Topliss-reactive ketones (excluding diaryl/α,β-unsaturated/α-hetero) is 1. The molecule has 0 bridgehead atoms. The lowest BCUT2D eigenvalue weighted by molar-refractivity contribution is 0.0455. The number of allylic oxidation sites excluding steroid dienone is 1. The van der Waals surface area contributed by atoms with Crippen LogP contribution in [0, 0.1) is 12.8 Å². The highest BCUT2D eigenvalue weighted by Gasteiger charge is 2.39. The van der Waals surface area contributed by atoms with Gasteiger partial charge in [-0.3, -0.25) is 9.59 Å². The Hall–Kier alpha value is -4.13. The van der Waals surface area contributed by atoms with Crippen LogP contribution < -0.4 is 10.6 Å². The lowest BCUT2D eigenvalue weighted by Gasteiger charge is -2.42. The highest BCUT2D eigenvalue weighted by Crippen LogP contribution is 2.36. The number of fused-ring (bicyclic) bond motifs is 3. The molecule has 2 atom stereocenters. The fourth-order valence-electron chi connectivity index (χ4n) is 5.69. The van der Waals surface area contributed by atoms with Gasteiger partial charge in [0.15, 0.2) is 5.78 Å². The van der Waals surface area contributed by atoms with E-state index in [1.165, 1.54) is 0 Å². The fraction of sp³-hybridized carbons (Fsp3) is 0.212. The van der Waals surface area contributed by atoms with Gasteiger partial charge in [0.2, 0.25) is 0 Å². The minimum atomic E-state index is -0.294. The van der Waals surface area contributed by atoms with Gasteiger partial charge in [0.1, 0.15) is 0 Å². The van der Waals surface area contributed by atoms with Gasteiger partial charge in [-0.2, -0.15) is 0 Å². The van der Waals surface area contributed by atoms with E-state index in [9.17, 15) is 9.59 Å². The maximum atomic E-state index is 13.9. The zero-order chi connectivity index (χ0) is 27.6. The molecule has 2 N–H and O–H groups in total. The summed E-state index contributed by atoms with van der Waals surface area (Å²) in [5.74, 6) is -0.548. The molecule has 2 unspecified atom stereocenters. The molecule has 0 radical (unpaired) electrons. The largest absolute Gasteiger partial charge is 0.373 e. The number of carbonyl (C=O) groups is 2. The van der Waals surface area contributed by atoms with Crippen molar-refractivity contribution < 1.29 is 14.3 Å². The molecule has 1 saturated heterocycles. The summed E-state index contributed by atoms with van der Waals surface area (Å²) in [5, 5.41) is 6.52. The van der Waals surface area contributed by atoms with E-state index in [0.717, 1.165) is 34.5 Å². The average Bonchev–Trinajstić information content (AvgIpc) is 3.17. The van der Waals surface area contributed by atoms with Gasteiger partial charge in [-0.05, 0) is 54.3 Å². The highest BCUT2D eigenvalue weighted by atomic mass is 35.5. The van der Waals surface area contributed by atoms with Crippen LogP contribution in [0.15, 0.2) is 103 Å². The van der Waals surface area contributed by atoms with Gasteiger partial charge >= 0.3 is 0 Å². The molecule has 3 aliphatic rings. The Balaban J connectivity index is 1.23. The Bertz CT molecular complexity index is 1560. The first-order valence-electron chi connectivity index (χ1n) is 13.5. The van der Waals surface area contributed by atoms with Crippen molar-refractivity contribution >= 4 is 29.0 Å². The van der Waals surface area contributed by atoms with E-state index >= 15 is 0 Å². The summed E-state index contributed by atoms with van der Waals surface area (Å²) in [4.78, 5) is 29.5. The third-order valence-corrected chi connectivity index (χ3v) is 8.03. The first-order valence-corrected chi connectivity index (χ1v) is 13.8. The highest BCUT2D eigenvalue weighted by molar-refractivity contribution is 6.34. The van der Waals surface area contributed by atoms with Crippen LogP contribution in [0.4, 0.5) is 5.69 Å². The molecular weight excluding hydrogens is 522 g/mol. The van der Waals surface area contributed by atoms with Crippen molar-refractivity contribution in [1.29, 1.82) is 0 Å². The lowest BCUT2D eigenvalue weighted by Crippen LogP contribution is -2.48. The summed E-state index contributed by atoms with van der Waals surface area (Å²) in [5.41, 5.74) is 6.62. The van der Waals surface area contributed by atoms with E-state index in [2.05, 4.69) is 21.6 Å². The average molecular weight is 552 g/mol. The van der Waals surface area contributed by atoms with Crippen LogP contribution in [-0.2, 0) is 4.74 Å². The summed E-state index contributed by atoms with van der Waals surface area (Å²) in [6, 6.07) is 20.6. The zero-order valence-electron chi connectivity index (χ0n) is 22.2. The van der Waals surface area contributed by atoms with E-state index in [4.69, 9.17) is 16.3 Å². The zero-order valence-corrected chi connectivity index (χ0v) is 22.9. The van der Waals surface area contributed by atoms with Gasteiger partial charge in [0.05, 0.1) is 35.9 Å². The number of anilines is 1. The van der Waals surface area contributed by atoms with Crippen LogP contribution in [0.25, 0.3) is 11.1 Å². The first-order chi connectivity index (χ1) is 19.5. The molecule has 40 heavy (non-hydrogen) atoms. The number of morpholine rings is 1. The molecule has 1 amide bonds. The predicted molar refractivity (Wildman–Crippen MR) is 158 cm³/mol. The van der Waals surface area contributed by atoms with Crippen molar-refractivity contribution in [3.05, 3.63) is 124 Å². The molecule has 6 nitrogen and oxygen atoms in total. The fourth-order valence-corrected chi connectivity index (χ4v) is 5.96. The second-order valence-electron chi connectivity index (χ2n) is 10.3. The van der Waals surface area contributed by atoms with Gasteiger partial charge in [0.25, 0.3) is 5.91 Å². The number of benzene rings is 3. The molecule has 202 valence electrons. The molecule has 0 spiro atoms. The Morgan fingerprint density at radius 3 is 2.67 bits per heavy atom. The van der Waals surface area contributed by atoms with Gasteiger partial charge < -0.3 is 20.3 Å². The molecule has 3 aromatic rings. The predicted octanol–water partition coefficient (Wildman–Crippen LogP) is 6.36. The molecule has 1 fully saturated rings. The van der Waals surface area contributed by atoms with Gasteiger partial charge in [-0.25, -0.2) is 0 Å². The van der Waals surface area contributed by atoms with E-state index < -0.39 is 0 Å². The van der Waals surface area contributed by atoms with E-state index in [1.54, 1.807) is 18.2 Å². The topological polar surface area (TPSA) is 70.7 Å². The van der Waals surface area contributed by atoms with Gasteiger partial charge in [-0.1, -0.05) is 71.8 Å². The van der Waals surface area contributed by atoms with Crippen LogP contribution >= 0.6 is 11.6 Å². The number of nitrogens with one attached hydrogen (secondary N) is 2. The Morgan fingerprint density at radius 1 is 1.02 bits per heavy atom. The number of ketones is 1. The Labute approximate surface area is 239 Å². The lowest BCUT2D eigenvalue weighted by atomic mass is 9.79. The number of halogens is 1. The third-order valence-electron chi connectivity index (χ3n) is 7.72. The van der Waals surface area contributed by atoms with Crippen molar-refractivity contribution in [2.24, 2.45) is 5.92 Å².